The van der Waals surface area contributed by atoms with Gasteiger partial charge >= 0.3 is 0 Å². The van der Waals surface area contributed by atoms with Crippen molar-refractivity contribution in [2.45, 2.75) is 31.3 Å². The maximum Gasteiger partial charge on any atom is 0.0473 e. The van der Waals surface area contributed by atoms with Gasteiger partial charge in [-0.3, -0.25) is 9.80 Å². The Balaban J connectivity index is 1.72. The third kappa shape index (κ3) is 3.05. The van der Waals surface area contributed by atoms with Crippen LogP contribution < -0.4 is 5.32 Å². The Morgan fingerprint density at radius 2 is 2.00 bits per heavy atom. The monoisotopic (exact) mass is 273 g/mol. The molecule has 2 aliphatic heterocycles. The van der Waals surface area contributed by atoms with Crippen LogP contribution in [0, 0.1) is 0 Å². The first kappa shape index (κ1) is 14.1. The highest BCUT2D eigenvalue weighted by atomic mass is 15.3. The summed E-state index contributed by atoms with van der Waals surface area (Å²) in [6, 6.07) is 12.3. The number of nitrogens with one attached hydrogen (secondary N) is 1. The highest BCUT2D eigenvalue weighted by molar-refractivity contribution is 5.19. The van der Waals surface area contributed by atoms with Gasteiger partial charge in [0.1, 0.15) is 0 Å². The molecule has 110 valence electrons. The van der Waals surface area contributed by atoms with Crippen molar-refractivity contribution in [1.29, 1.82) is 0 Å². The predicted molar refractivity (Wildman–Crippen MR) is 83.9 cm³/mol. The Labute approximate surface area is 123 Å². The molecule has 2 saturated heterocycles. The third-order valence-corrected chi connectivity index (χ3v) is 4.89. The number of fused-ring (bicyclic) bond motifs is 1. The Bertz CT molecular complexity index is 406. The van der Waals surface area contributed by atoms with E-state index in [1.165, 1.54) is 51.0 Å². The lowest BCUT2D eigenvalue weighted by atomic mass is 9.97. The number of hydrogen-bond acceptors (Lipinski definition) is 3. The lowest BCUT2D eigenvalue weighted by Crippen LogP contribution is -2.56. The van der Waals surface area contributed by atoms with Crippen molar-refractivity contribution in [2.75, 3.05) is 39.8 Å². The van der Waals surface area contributed by atoms with E-state index in [1.807, 2.05) is 0 Å². The quantitative estimate of drug-likeness (QED) is 0.906. The first-order valence-corrected chi connectivity index (χ1v) is 8.06. The Kier molecular flexibility index (Phi) is 4.71. The van der Waals surface area contributed by atoms with Crippen LogP contribution in [0.1, 0.15) is 30.9 Å². The first-order valence-electron chi connectivity index (χ1n) is 8.06. The zero-order valence-electron chi connectivity index (χ0n) is 12.6. The van der Waals surface area contributed by atoms with Crippen molar-refractivity contribution in [3.8, 4) is 0 Å². The maximum atomic E-state index is 3.38. The fourth-order valence-electron chi connectivity index (χ4n) is 3.79. The molecule has 0 bridgehead atoms. The van der Waals surface area contributed by atoms with Crippen LogP contribution in [0.3, 0.4) is 0 Å². The van der Waals surface area contributed by atoms with Crippen LogP contribution in [0.15, 0.2) is 30.3 Å². The van der Waals surface area contributed by atoms with Crippen LogP contribution >= 0.6 is 0 Å². The summed E-state index contributed by atoms with van der Waals surface area (Å²) in [6.45, 7) is 6.05. The van der Waals surface area contributed by atoms with Crippen LogP contribution in [-0.4, -0.2) is 55.6 Å². The molecule has 2 fully saturated rings. The van der Waals surface area contributed by atoms with Gasteiger partial charge in [0.15, 0.2) is 0 Å². The van der Waals surface area contributed by atoms with Gasteiger partial charge in [-0.05, 0) is 32.0 Å². The molecule has 2 heterocycles. The normalized spacial score (nSPS) is 26.1. The lowest BCUT2D eigenvalue weighted by molar-refractivity contribution is 0.0271. The third-order valence-electron chi connectivity index (χ3n) is 4.89. The second kappa shape index (κ2) is 6.70. The highest BCUT2D eigenvalue weighted by Gasteiger charge is 2.32. The van der Waals surface area contributed by atoms with E-state index in [2.05, 4.69) is 52.5 Å². The van der Waals surface area contributed by atoms with E-state index in [1.54, 1.807) is 0 Å². The number of nitrogens with zero attached hydrogens (tertiary/aromatic N) is 2. The number of piperazine rings is 1. The molecule has 0 aliphatic carbocycles. The molecule has 0 spiro atoms. The number of benzene rings is 1. The Hall–Kier alpha value is -0.900. The van der Waals surface area contributed by atoms with Crippen LogP contribution in [-0.2, 0) is 0 Å². The summed E-state index contributed by atoms with van der Waals surface area (Å²) in [7, 11) is 2.06. The van der Waals surface area contributed by atoms with Crippen molar-refractivity contribution >= 4 is 0 Å². The minimum absolute atomic E-state index is 0.519. The molecule has 20 heavy (non-hydrogen) atoms. The molecule has 0 aromatic heterocycles. The summed E-state index contributed by atoms with van der Waals surface area (Å²) < 4.78 is 0. The zero-order valence-corrected chi connectivity index (χ0v) is 12.6. The van der Waals surface area contributed by atoms with Gasteiger partial charge in [0, 0.05) is 38.3 Å². The van der Waals surface area contributed by atoms with Crippen LogP contribution in [0.5, 0.6) is 0 Å². The second-order valence-corrected chi connectivity index (χ2v) is 6.16. The summed E-state index contributed by atoms with van der Waals surface area (Å²) in [5, 5.41) is 3.38. The van der Waals surface area contributed by atoms with Gasteiger partial charge < -0.3 is 5.32 Å². The van der Waals surface area contributed by atoms with Gasteiger partial charge in [-0.1, -0.05) is 36.8 Å². The summed E-state index contributed by atoms with van der Waals surface area (Å²) in [5.74, 6) is 0. The predicted octanol–water partition coefficient (Wildman–Crippen LogP) is 2.12. The SMILES string of the molecule is CNCC(c1ccccc1)N1CCN2CCCCC2C1. The summed E-state index contributed by atoms with van der Waals surface area (Å²) in [4.78, 5) is 5.40. The molecule has 3 rings (SSSR count). The van der Waals surface area contributed by atoms with Gasteiger partial charge in [-0.15, -0.1) is 0 Å². The van der Waals surface area contributed by atoms with E-state index in [0.717, 1.165) is 12.6 Å². The molecule has 0 radical (unpaired) electrons. The molecular weight excluding hydrogens is 246 g/mol. The Morgan fingerprint density at radius 3 is 2.80 bits per heavy atom. The van der Waals surface area contributed by atoms with Crippen LogP contribution in [0.4, 0.5) is 0 Å². The molecule has 3 nitrogen and oxygen atoms in total. The van der Waals surface area contributed by atoms with E-state index in [-0.39, 0.29) is 0 Å². The average Bonchev–Trinajstić information content (AvgIpc) is 2.53. The van der Waals surface area contributed by atoms with Crippen LogP contribution in [0.2, 0.25) is 0 Å². The molecule has 2 aliphatic rings. The Morgan fingerprint density at radius 1 is 1.15 bits per heavy atom. The van der Waals surface area contributed by atoms with E-state index >= 15 is 0 Å². The lowest BCUT2D eigenvalue weighted by Gasteiger charge is -2.46. The van der Waals surface area contributed by atoms with Gasteiger partial charge in [0.05, 0.1) is 0 Å². The molecule has 0 saturated carbocycles. The smallest absolute Gasteiger partial charge is 0.0473 e. The van der Waals surface area contributed by atoms with E-state index < -0.39 is 0 Å². The molecule has 1 aromatic carbocycles. The number of likely N-dealkylation sites (N-methyl/N-ethyl adjacent to an activating group) is 1. The van der Waals surface area contributed by atoms with Crippen molar-refractivity contribution < 1.29 is 0 Å². The minimum Gasteiger partial charge on any atom is -0.318 e. The number of rotatable bonds is 4. The van der Waals surface area contributed by atoms with E-state index in [0.29, 0.717) is 6.04 Å². The highest BCUT2D eigenvalue weighted by Crippen LogP contribution is 2.27. The summed E-state index contributed by atoms with van der Waals surface area (Å²) in [5.41, 5.74) is 1.45. The van der Waals surface area contributed by atoms with Gasteiger partial charge in [-0.2, -0.15) is 0 Å². The molecular formula is C17H27N3. The fraction of sp³-hybridized carbons (Fsp3) is 0.647. The zero-order chi connectivity index (χ0) is 13.8. The van der Waals surface area contributed by atoms with Gasteiger partial charge in [-0.25, -0.2) is 0 Å². The molecule has 3 heteroatoms. The largest absolute Gasteiger partial charge is 0.318 e. The first-order chi connectivity index (χ1) is 9.88. The molecule has 0 amide bonds. The van der Waals surface area contributed by atoms with Crippen molar-refractivity contribution in [2.24, 2.45) is 0 Å². The standard InChI is InChI=1S/C17H27N3/c1-18-13-17(15-7-3-2-4-8-15)20-12-11-19-10-6-5-9-16(19)14-20/h2-4,7-8,16-18H,5-6,9-14H2,1H3. The van der Waals surface area contributed by atoms with Crippen LogP contribution in [0.25, 0.3) is 0 Å². The fourth-order valence-corrected chi connectivity index (χ4v) is 3.79. The van der Waals surface area contributed by atoms with Crippen molar-refractivity contribution in [3.63, 3.8) is 0 Å². The van der Waals surface area contributed by atoms with E-state index in [9.17, 15) is 0 Å². The number of piperidine rings is 1. The molecule has 2 atom stereocenters. The van der Waals surface area contributed by atoms with Crippen molar-refractivity contribution in [3.05, 3.63) is 35.9 Å². The maximum absolute atomic E-state index is 3.38. The van der Waals surface area contributed by atoms with Gasteiger partial charge in [0.2, 0.25) is 0 Å². The molecule has 1 N–H and O–H groups in total. The summed E-state index contributed by atoms with van der Waals surface area (Å²) in [6.07, 6.45) is 4.20. The second-order valence-electron chi connectivity index (χ2n) is 6.16. The van der Waals surface area contributed by atoms with Crippen molar-refractivity contribution in [1.82, 2.24) is 15.1 Å². The minimum atomic E-state index is 0.519. The number of hydrogen-bond donors (Lipinski definition) is 1. The topological polar surface area (TPSA) is 18.5 Å². The molecule has 1 aromatic rings. The average molecular weight is 273 g/mol. The summed E-state index contributed by atoms with van der Waals surface area (Å²) >= 11 is 0. The molecule has 2 unspecified atom stereocenters. The van der Waals surface area contributed by atoms with Gasteiger partial charge in [0.25, 0.3) is 0 Å². The van der Waals surface area contributed by atoms with E-state index in [4.69, 9.17) is 0 Å².